The lowest BCUT2D eigenvalue weighted by molar-refractivity contribution is -0.159. The van der Waals surface area contributed by atoms with Crippen LogP contribution in [0.5, 0.6) is 0 Å². The molecule has 0 heterocycles. The lowest BCUT2D eigenvalue weighted by Gasteiger charge is -2.25. The Balaban J connectivity index is 0. The van der Waals surface area contributed by atoms with E-state index in [2.05, 4.69) is 0 Å². The highest BCUT2D eigenvalue weighted by atomic mass is 35.5. The van der Waals surface area contributed by atoms with Gasteiger partial charge in [-0.15, -0.1) is 12.4 Å². The number of hydrogen-bond acceptors (Lipinski definition) is 4. The SMILES string of the molecule is CC(C)(C)OCC(N)C(=O)OC(C)(C)C.Cl. The molecule has 0 aromatic heterocycles. The van der Waals surface area contributed by atoms with E-state index in [1.807, 2.05) is 41.5 Å². The minimum Gasteiger partial charge on any atom is -0.459 e. The van der Waals surface area contributed by atoms with Crippen molar-refractivity contribution in [3.8, 4) is 0 Å². The molecule has 0 aromatic rings. The summed E-state index contributed by atoms with van der Waals surface area (Å²) in [6, 6.07) is -0.719. The maximum Gasteiger partial charge on any atom is 0.325 e. The van der Waals surface area contributed by atoms with Crippen LogP contribution < -0.4 is 5.73 Å². The molecule has 98 valence electrons. The topological polar surface area (TPSA) is 61.5 Å². The van der Waals surface area contributed by atoms with Crippen LogP contribution in [0.2, 0.25) is 0 Å². The van der Waals surface area contributed by atoms with Crippen LogP contribution in [0.15, 0.2) is 0 Å². The van der Waals surface area contributed by atoms with Gasteiger partial charge in [0.15, 0.2) is 0 Å². The summed E-state index contributed by atoms with van der Waals surface area (Å²) in [7, 11) is 0. The summed E-state index contributed by atoms with van der Waals surface area (Å²) < 4.78 is 10.5. The lowest BCUT2D eigenvalue weighted by Crippen LogP contribution is -2.42. The van der Waals surface area contributed by atoms with Gasteiger partial charge in [-0.3, -0.25) is 4.79 Å². The summed E-state index contributed by atoms with van der Waals surface area (Å²) in [6.07, 6.45) is 0. The number of rotatable bonds is 3. The molecule has 0 fully saturated rings. The van der Waals surface area contributed by atoms with Crippen molar-refractivity contribution in [3.63, 3.8) is 0 Å². The molecule has 0 rings (SSSR count). The van der Waals surface area contributed by atoms with Crippen LogP contribution in [0.3, 0.4) is 0 Å². The fourth-order valence-electron chi connectivity index (χ4n) is 0.785. The average Bonchev–Trinajstić information content (AvgIpc) is 1.95. The van der Waals surface area contributed by atoms with E-state index in [4.69, 9.17) is 15.2 Å². The molecule has 4 nitrogen and oxygen atoms in total. The highest BCUT2D eigenvalue weighted by Crippen LogP contribution is 2.10. The van der Waals surface area contributed by atoms with Crippen LogP contribution in [-0.4, -0.2) is 29.8 Å². The number of carbonyl (C=O) groups excluding carboxylic acids is 1. The zero-order chi connectivity index (χ0) is 12.3. The molecule has 1 atom stereocenters. The molecule has 0 bridgehead atoms. The zero-order valence-corrected chi connectivity index (χ0v) is 11.8. The summed E-state index contributed by atoms with van der Waals surface area (Å²) >= 11 is 0. The molecule has 0 aliphatic heterocycles. The van der Waals surface area contributed by atoms with Crippen LogP contribution in [0.25, 0.3) is 0 Å². The Labute approximate surface area is 104 Å². The fourth-order valence-corrected chi connectivity index (χ4v) is 0.785. The van der Waals surface area contributed by atoms with Gasteiger partial charge in [0.25, 0.3) is 0 Å². The summed E-state index contributed by atoms with van der Waals surface area (Å²) in [4.78, 5) is 11.4. The van der Waals surface area contributed by atoms with Gasteiger partial charge in [-0.25, -0.2) is 0 Å². The van der Waals surface area contributed by atoms with Gasteiger partial charge in [0.1, 0.15) is 11.6 Å². The number of ether oxygens (including phenoxy) is 2. The molecule has 0 amide bonds. The van der Waals surface area contributed by atoms with E-state index in [9.17, 15) is 4.79 Å². The smallest absolute Gasteiger partial charge is 0.325 e. The number of carbonyl (C=O) groups is 1. The molecule has 0 saturated carbocycles. The Hall–Kier alpha value is -0.320. The fraction of sp³-hybridized carbons (Fsp3) is 0.909. The van der Waals surface area contributed by atoms with Crippen molar-refractivity contribution in [2.75, 3.05) is 6.61 Å². The number of esters is 1. The van der Waals surface area contributed by atoms with Gasteiger partial charge >= 0.3 is 5.97 Å². The van der Waals surface area contributed by atoms with Gasteiger partial charge in [0.2, 0.25) is 0 Å². The van der Waals surface area contributed by atoms with Crippen molar-refractivity contribution in [2.45, 2.75) is 58.8 Å². The second kappa shape index (κ2) is 6.42. The van der Waals surface area contributed by atoms with Gasteiger partial charge in [0.05, 0.1) is 12.2 Å². The summed E-state index contributed by atoms with van der Waals surface area (Å²) in [6.45, 7) is 11.3. The predicted molar refractivity (Wildman–Crippen MR) is 66.8 cm³/mol. The minimum atomic E-state index is -0.719. The molecule has 0 spiro atoms. The van der Waals surface area contributed by atoms with E-state index in [0.717, 1.165) is 0 Å². The van der Waals surface area contributed by atoms with Gasteiger partial charge in [-0.2, -0.15) is 0 Å². The van der Waals surface area contributed by atoms with E-state index in [0.29, 0.717) is 0 Å². The minimum absolute atomic E-state index is 0. The summed E-state index contributed by atoms with van der Waals surface area (Å²) in [5.41, 5.74) is 4.84. The Morgan fingerprint density at radius 3 is 1.88 bits per heavy atom. The van der Waals surface area contributed by atoms with Crippen LogP contribution in [0.4, 0.5) is 0 Å². The maximum absolute atomic E-state index is 11.4. The van der Waals surface area contributed by atoms with E-state index in [1.165, 1.54) is 0 Å². The Morgan fingerprint density at radius 1 is 1.12 bits per heavy atom. The van der Waals surface area contributed by atoms with E-state index in [-0.39, 0.29) is 24.6 Å². The summed E-state index contributed by atoms with van der Waals surface area (Å²) in [5, 5.41) is 0. The quantitative estimate of drug-likeness (QED) is 0.781. The molecular weight excluding hydrogens is 230 g/mol. The number of hydrogen-bond donors (Lipinski definition) is 1. The Bertz CT molecular complexity index is 218. The summed E-state index contributed by atoms with van der Waals surface area (Å²) in [5.74, 6) is -0.424. The second-order valence-corrected chi connectivity index (χ2v) is 5.56. The molecule has 0 aliphatic carbocycles. The largest absolute Gasteiger partial charge is 0.459 e. The average molecular weight is 254 g/mol. The third-order valence-corrected chi connectivity index (χ3v) is 1.41. The van der Waals surface area contributed by atoms with Gasteiger partial charge in [-0.1, -0.05) is 0 Å². The van der Waals surface area contributed by atoms with Gasteiger partial charge in [-0.05, 0) is 41.5 Å². The Morgan fingerprint density at radius 2 is 1.56 bits per heavy atom. The van der Waals surface area contributed by atoms with E-state index < -0.39 is 17.6 Å². The molecular formula is C11H24ClNO3. The normalized spacial score (nSPS) is 13.9. The van der Waals surface area contributed by atoms with Crippen molar-refractivity contribution < 1.29 is 14.3 Å². The zero-order valence-electron chi connectivity index (χ0n) is 11.0. The molecule has 0 radical (unpaired) electrons. The van der Waals surface area contributed by atoms with E-state index >= 15 is 0 Å². The molecule has 0 aliphatic rings. The third kappa shape index (κ3) is 10.2. The standard InChI is InChI=1S/C11H23NO3.ClH/c1-10(2,3)14-7-8(12)9(13)15-11(4,5)6;/h8H,7,12H2,1-6H3;1H. The van der Waals surface area contributed by atoms with Crippen molar-refractivity contribution in [3.05, 3.63) is 0 Å². The number of nitrogens with two attached hydrogens (primary N) is 1. The van der Waals surface area contributed by atoms with Crippen molar-refractivity contribution in [2.24, 2.45) is 5.73 Å². The van der Waals surface area contributed by atoms with Gasteiger partial charge < -0.3 is 15.2 Å². The Kier molecular flexibility index (Phi) is 7.25. The third-order valence-electron chi connectivity index (χ3n) is 1.41. The van der Waals surface area contributed by atoms with Crippen molar-refractivity contribution >= 4 is 18.4 Å². The van der Waals surface area contributed by atoms with E-state index in [1.54, 1.807) is 0 Å². The highest BCUT2D eigenvalue weighted by molar-refractivity contribution is 5.85. The molecule has 16 heavy (non-hydrogen) atoms. The lowest BCUT2D eigenvalue weighted by atomic mass is 10.2. The maximum atomic E-state index is 11.4. The number of halogens is 1. The first-order valence-corrected chi connectivity index (χ1v) is 5.14. The molecule has 5 heteroatoms. The van der Waals surface area contributed by atoms with Crippen LogP contribution in [0.1, 0.15) is 41.5 Å². The molecule has 1 unspecified atom stereocenters. The van der Waals surface area contributed by atoms with Crippen molar-refractivity contribution in [1.29, 1.82) is 0 Å². The molecule has 0 aromatic carbocycles. The molecule has 2 N–H and O–H groups in total. The highest BCUT2D eigenvalue weighted by Gasteiger charge is 2.23. The van der Waals surface area contributed by atoms with Crippen LogP contribution >= 0.6 is 12.4 Å². The first-order valence-electron chi connectivity index (χ1n) is 5.14. The first kappa shape index (κ1) is 18.1. The van der Waals surface area contributed by atoms with Crippen LogP contribution in [-0.2, 0) is 14.3 Å². The molecule has 0 saturated heterocycles. The second-order valence-electron chi connectivity index (χ2n) is 5.56. The first-order chi connectivity index (χ1) is 6.51. The predicted octanol–water partition coefficient (Wildman–Crippen LogP) is 1.89. The van der Waals surface area contributed by atoms with Crippen molar-refractivity contribution in [1.82, 2.24) is 0 Å². The van der Waals surface area contributed by atoms with Gasteiger partial charge in [0, 0.05) is 0 Å². The van der Waals surface area contributed by atoms with Crippen LogP contribution in [0, 0.1) is 0 Å². The monoisotopic (exact) mass is 253 g/mol.